The summed E-state index contributed by atoms with van der Waals surface area (Å²) in [6.45, 7) is 4.61. The van der Waals surface area contributed by atoms with Crippen LogP contribution in [0, 0.1) is 0 Å². The number of amides is 2. The van der Waals surface area contributed by atoms with Gasteiger partial charge >= 0.3 is 18.0 Å². The zero-order valence-corrected chi connectivity index (χ0v) is 18.0. The van der Waals surface area contributed by atoms with Crippen molar-refractivity contribution >= 4 is 35.7 Å². The summed E-state index contributed by atoms with van der Waals surface area (Å²) in [5.74, 6) is -0.534. The van der Waals surface area contributed by atoms with Crippen LogP contribution in [0.15, 0.2) is 6.20 Å². The minimum atomic E-state index is -0.725. The monoisotopic (exact) mass is 443 g/mol. The van der Waals surface area contributed by atoms with E-state index in [1.165, 1.54) is 29.8 Å². The lowest BCUT2D eigenvalue weighted by Crippen LogP contribution is -2.60. The first kappa shape index (κ1) is 23.4. The Morgan fingerprint density at radius 1 is 1.30 bits per heavy atom. The molecule has 0 saturated carbocycles. The third-order valence-corrected chi connectivity index (χ3v) is 4.76. The van der Waals surface area contributed by atoms with Crippen LogP contribution in [-0.4, -0.2) is 75.7 Å². The van der Waals surface area contributed by atoms with Gasteiger partial charge in [0.15, 0.2) is 6.04 Å². The first-order valence-corrected chi connectivity index (χ1v) is 10.2. The molecule has 2 N–H and O–H groups in total. The van der Waals surface area contributed by atoms with Gasteiger partial charge in [0.25, 0.3) is 0 Å². The Kier molecular flexibility index (Phi) is 8.03. The molecule has 13 heteroatoms. The minimum Gasteiger partial charge on any atom is -0.468 e. The number of aromatic nitrogens is 3. The number of carbonyl (C=O) groups excluding carboxylic acids is 4. The highest BCUT2D eigenvalue weighted by molar-refractivity contribution is 7.99. The van der Waals surface area contributed by atoms with Crippen LogP contribution in [0.25, 0.3) is 0 Å². The number of rotatable bonds is 9. The highest BCUT2D eigenvalue weighted by atomic mass is 32.2. The summed E-state index contributed by atoms with van der Waals surface area (Å²) >= 11 is 1.34. The molecule has 0 bridgehead atoms. The normalized spacial score (nSPS) is 18.1. The van der Waals surface area contributed by atoms with Crippen LogP contribution < -0.4 is 10.6 Å². The van der Waals surface area contributed by atoms with E-state index in [1.54, 1.807) is 20.8 Å². The molecule has 2 unspecified atom stereocenters. The lowest BCUT2D eigenvalue weighted by atomic mass is 10.0. The third kappa shape index (κ3) is 7.21. The second-order valence-electron chi connectivity index (χ2n) is 7.36. The Bertz CT molecular complexity index is 792. The Hall–Kier alpha value is -2.83. The van der Waals surface area contributed by atoms with Gasteiger partial charge in [-0.05, 0) is 20.8 Å². The van der Waals surface area contributed by atoms with Gasteiger partial charge < -0.3 is 24.8 Å². The summed E-state index contributed by atoms with van der Waals surface area (Å²) in [6, 6.07) is -0.761. The van der Waals surface area contributed by atoms with E-state index in [-0.39, 0.29) is 36.8 Å². The van der Waals surface area contributed by atoms with Crippen molar-refractivity contribution in [1.82, 2.24) is 25.6 Å². The van der Waals surface area contributed by atoms with Gasteiger partial charge in [0.1, 0.15) is 24.4 Å². The zero-order valence-electron chi connectivity index (χ0n) is 17.2. The molecule has 0 aliphatic carbocycles. The van der Waals surface area contributed by atoms with Gasteiger partial charge in [-0.1, -0.05) is 5.21 Å². The number of carbonyl (C=O) groups is 4. The van der Waals surface area contributed by atoms with Gasteiger partial charge in [-0.3, -0.25) is 14.4 Å². The number of thioether (sulfide) groups is 1. The van der Waals surface area contributed by atoms with Gasteiger partial charge in [0, 0.05) is 5.75 Å². The number of alkyl carbamates (subject to hydrolysis) is 1. The Labute approximate surface area is 177 Å². The maximum Gasteiger partial charge on any atom is 0.408 e. The third-order valence-electron chi connectivity index (χ3n) is 3.72. The van der Waals surface area contributed by atoms with Gasteiger partial charge in [0.2, 0.25) is 5.91 Å². The summed E-state index contributed by atoms with van der Waals surface area (Å²) < 4.78 is 16.0. The van der Waals surface area contributed by atoms with Crippen molar-refractivity contribution in [2.45, 2.75) is 45.1 Å². The molecule has 2 rings (SSSR count). The molecule has 1 saturated heterocycles. The van der Waals surface area contributed by atoms with Crippen molar-refractivity contribution in [1.29, 1.82) is 0 Å². The fourth-order valence-corrected chi connectivity index (χ4v) is 3.30. The minimum absolute atomic E-state index is 0.162. The van der Waals surface area contributed by atoms with E-state index in [1.807, 2.05) is 0 Å². The fourth-order valence-electron chi connectivity index (χ4n) is 2.38. The van der Waals surface area contributed by atoms with E-state index in [9.17, 15) is 19.2 Å². The quantitative estimate of drug-likeness (QED) is 0.298. The van der Waals surface area contributed by atoms with Crippen LogP contribution in [0.4, 0.5) is 4.79 Å². The highest BCUT2D eigenvalue weighted by Gasteiger charge is 2.41. The molecule has 2 heterocycles. The van der Waals surface area contributed by atoms with Gasteiger partial charge in [-0.15, -0.1) is 16.9 Å². The smallest absolute Gasteiger partial charge is 0.408 e. The summed E-state index contributed by atoms with van der Waals surface area (Å²) in [5, 5.41) is 12.8. The number of methoxy groups -OCH3 is 1. The lowest BCUT2D eigenvalue weighted by molar-refractivity contribution is -0.144. The topological polar surface area (TPSA) is 151 Å². The molecule has 1 fully saturated rings. The molecule has 0 radical (unpaired) electrons. The number of nitrogens with zero attached hydrogens (tertiary/aromatic N) is 3. The Balaban J connectivity index is 1.76. The largest absolute Gasteiger partial charge is 0.468 e. The first-order chi connectivity index (χ1) is 14.1. The maximum atomic E-state index is 11.9. The second kappa shape index (κ2) is 10.3. The summed E-state index contributed by atoms with van der Waals surface area (Å²) in [5.41, 5.74) is -0.322. The van der Waals surface area contributed by atoms with Crippen molar-refractivity contribution in [2.75, 3.05) is 25.2 Å². The molecular formula is C17H25N5O7S. The SMILES string of the molecule is COC(=O)CSCC1NC(=O)C1n1cc(COC(=O)CNC(=O)OC(C)(C)C)nn1. The predicted octanol–water partition coefficient (Wildman–Crippen LogP) is -0.208. The van der Waals surface area contributed by atoms with Gasteiger partial charge in [-0.2, -0.15) is 0 Å². The number of nitrogens with one attached hydrogen (secondary N) is 2. The van der Waals surface area contributed by atoms with Crippen LogP contribution in [0.5, 0.6) is 0 Å². The molecule has 30 heavy (non-hydrogen) atoms. The van der Waals surface area contributed by atoms with Crippen LogP contribution >= 0.6 is 11.8 Å². The Morgan fingerprint density at radius 2 is 2.03 bits per heavy atom. The molecule has 2 atom stereocenters. The van der Waals surface area contributed by atoms with E-state index in [4.69, 9.17) is 9.47 Å². The summed E-state index contributed by atoms with van der Waals surface area (Å²) in [7, 11) is 1.31. The molecule has 1 aromatic rings. The number of β-lactam (4-membered cyclic amide) rings is 1. The molecule has 12 nitrogen and oxygen atoms in total. The van der Waals surface area contributed by atoms with E-state index in [0.29, 0.717) is 11.4 Å². The van der Waals surface area contributed by atoms with Crippen molar-refractivity contribution in [3.63, 3.8) is 0 Å². The Morgan fingerprint density at radius 3 is 2.67 bits per heavy atom. The molecule has 1 aliphatic heterocycles. The molecule has 1 aliphatic rings. The molecule has 2 amide bonds. The first-order valence-electron chi connectivity index (χ1n) is 9.07. The van der Waals surface area contributed by atoms with Crippen LogP contribution in [0.2, 0.25) is 0 Å². The second-order valence-corrected chi connectivity index (χ2v) is 8.39. The molecule has 0 aromatic carbocycles. The summed E-state index contributed by atoms with van der Waals surface area (Å²) in [6.07, 6.45) is 0.785. The number of hydrogen-bond donors (Lipinski definition) is 2. The van der Waals surface area contributed by atoms with Crippen molar-refractivity contribution in [3.05, 3.63) is 11.9 Å². The van der Waals surface area contributed by atoms with Crippen molar-refractivity contribution in [3.8, 4) is 0 Å². The number of esters is 2. The lowest BCUT2D eigenvalue weighted by Gasteiger charge is -2.36. The van der Waals surface area contributed by atoms with Gasteiger partial charge in [-0.25, -0.2) is 9.48 Å². The van der Waals surface area contributed by atoms with E-state index >= 15 is 0 Å². The summed E-state index contributed by atoms with van der Waals surface area (Å²) in [4.78, 5) is 46.3. The maximum absolute atomic E-state index is 11.9. The predicted molar refractivity (Wildman–Crippen MR) is 104 cm³/mol. The van der Waals surface area contributed by atoms with Crippen molar-refractivity contribution < 1.29 is 33.4 Å². The average Bonchev–Trinajstić information content (AvgIpc) is 3.10. The molecule has 166 valence electrons. The van der Waals surface area contributed by atoms with Crippen LogP contribution in [0.3, 0.4) is 0 Å². The zero-order chi connectivity index (χ0) is 22.3. The standard InChI is InChI=1S/C17H25N5O7S/c1-17(2,3)29-16(26)18-5-12(23)28-7-10-6-22(21-20-10)14-11(19-15(14)25)8-30-9-13(24)27-4/h6,11,14H,5,7-9H2,1-4H3,(H,18,26)(H,19,25). The van der Waals surface area contributed by atoms with Crippen molar-refractivity contribution in [2.24, 2.45) is 0 Å². The van der Waals surface area contributed by atoms with Crippen LogP contribution in [-0.2, 0) is 35.2 Å². The van der Waals surface area contributed by atoms with Crippen LogP contribution in [0.1, 0.15) is 32.5 Å². The number of hydrogen-bond acceptors (Lipinski definition) is 10. The van der Waals surface area contributed by atoms with E-state index in [2.05, 4.69) is 25.7 Å². The molecular weight excluding hydrogens is 418 g/mol. The molecule has 1 aromatic heterocycles. The molecule has 0 spiro atoms. The highest BCUT2D eigenvalue weighted by Crippen LogP contribution is 2.24. The van der Waals surface area contributed by atoms with E-state index in [0.717, 1.165) is 0 Å². The van der Waals surface area contributed by atoms with Gasteiger partial charge in [0.05, 0.1) is 25.1 Å². The average molecular weight is 443 g/mol. The van der Waals surface area contributed by atoms with E-state index < -0.39 is 23.7 Å². The number of ether oxygens (including phenoxy) is 3. The fraction of sp³-hybridized carbons (Fsp3) is 0.647.